The Hall–Kier alpha value is -0.610. The van der Waals surface area contributed by atoms with Crippen molar-refractivity contribution in [3.8, 4) is 0 Å². The fourth-order valence-corrected chi connectivity index (χ4v) is 2.04. The number of hydrogen-bond acceptors (Lipinski definition) is 3. The molecule has 2 heterocycles. The van der Waals surface area contributed by atoms with Gasteiger partial charge in [-0.15, -0.1) is 0 Å². The summed E-state index contributed by atoms with van der Waals surface area (Å²) in [6.07, 6.45) is 0. The number of nitrogens with zero attached hydrogens (tertiary/aromatic N) is 1. The van der Waals surface area contributed by atoms with E-state index in [1.165, 1.54) is 17.4 Å². The second-order valence-electron chi connectivity index (χ2n) is 2.68. The molecule has 0 aliphatic carbocycles. The van der Waals surface area contributed by atoms with Crippen molar-refractivity contribution in [1.29, 1.82) is 0 Å². The summed E-state index contributed by atoms with van der Waals surface area (Å²) in [6.45, 7) is 3.25. The van der Waals surface area contributed by atoms with Crippen LogP contribution in [0.5, 0.6) is 0 Å². The molecule has 4 heteroatoms. The maximum Gasteiger partial charge on any atom is 0.178 e. The van der Waals surface area contributed by atoms with Crippen LogP contribution in [0.4, 0.5) is 9.39 Å². The molecular formula is C8H10FNOS. The lowest BCUT2D eigenvalue weighted by Gasteiger charge is -2.26. The monoisotopic (exact) mass is 187 g/mol. The van der Waals surface area contributed by atoms with Gasteiger partial charge >= 0.3 is 0 Å². The van der Waals surface area contributed by atoms with E-state index in [2.05, 4.69) is 4.90 Å². The first kappa shape index (κ1) is 8.01. The molecule has 0 atom stereocenters. The van der Waals surface area contributed by atoms with Gasteiger partial charge in [-0.1, -0.05) is 11.3 Å². The minimum absolute atomic E-state index is 0.114. The largest absolute Gasteiger partial charge is 0.378 e. The van der Waals surface area contributed by atoms with Crippen molar-refractivity contribution >= 4 is 16.3 Å². The number of morpholine rings is 1. The van der Waals surface area contributed by atoms with Gasteiger partial charge in [-0.2, -0.15) is 4.39 Å². The Bertz CT molecular complexity index is 257. The molecule has 1 saturated heterocycles. The molecule has 0 bridgehead atoms. The molecule has 0 amide bonds. The fraction of sp³-hybridized carbons (Fsp3) is 0.500. The molecule has 0 N–H and O–H groups in total. The molecule has 66 valence electrons. The van der Waals surface area contributed by atoms with Crippen LogP contribution in [-0.2, 0) is 4.74 Å². The van der Waals surface area contributed by atoms with Crippen molar-refractivity contribution in [2.24, 2.45) is 0 Å². The first-order valence-corrected chi connectivity index (χ1v) is 4.76. The maximum absolute atomic E-state index is 12.6. The summed E-state index contributed by atoms with van der Waals surface area (Å²) in [4.78, 5) is 2.15. The lowest BCUT2D eigenvalue weighted by Crippen LogP contribution is -2.35. The van der Waals surface area contributed by atoms with Crippen LogP contribution in [0.2, 0.25) is 0 Å². The second-order valence-corrected chi connectivity index (χ2v) is 3.69. The average Bonchev–Trinajstić information content (AvgIpc) is 2.54. The van der Waals surface area contributed by atoms with Crippen LogP contribution in [-0.4, -0.2) is 26.3 Å². The zero-order valence-electron chi connectivity index (χ0n) is 6.62. The van der Waals surface area contributed by atoms with Gasteiger partial charge in [0.05, 0.1) is 18.2 Å². The lowest BCUT2D eigenvalue weighted by molar-refractivity contribution is 0.123. The minimum Gasteiger partial charge on any atom is -0.378 e. The molecule has 2 rings (SSSR count). The quantitative estimate of drug-likeness (QED) is 0.663. The summed E-state index contributed by atoms with van der Waals surface area (Å²) in [6, 6.07) is 3.33. The summed E-state index contributed by atoms with van der Waals surface area (Å²) in [5.41, 5.74) is 0. The van der Waals surface area contributed by atoms with Crippen molar-refractivity contribution in [1.82, 2.24) is 0 Å². The normalized spacial score (nSPS) is 18.2. The summed E-state index contributed by atoms with van der Waals surface area (Å²) < 4.78 is 17.8. The summed E-state index contributed by atoms with van der Waals surface area (Å²) in [5, 5.41) is 0.896. The Kier molecular flexibility index (Phi) is 2.28. The van der Waals surface area contributed by atoms with Gasteiger partial charge in [0.15, 0.2) is 5.13 Å². The van der Waals surface area contributed by atoms with Crippen molar-refractivity contribution in [3.05, 3.63) is 17.3 Å². The van der Waals surface area contributed by atoms with Crippen LogP contribution < -0.4 is 4.90 Å². The van der Waals surface area contributed by atoms with E-state index in [4.69, 9.17) is 4.74 Å². The van der Waals surface area contributed by atoms with Crippen LogP contribution in [0.1, 0.15) is 0 Å². The third kappa shape index (κ3) is 1.59. The Morgan fingerprint density at radius 3 is 2.67 bits per heavy atom. The second kappa shape index (κ2) is 3.41. The molecule has 1 aliphatic heterocycles. The van der Waals surface area contributed by atoms with Crippen LogP contribution in [0, 0.1) is 5.13 Å². The van der Waals surface area contributed by atoms with Gasteiger partial charge in [0.2, 0.25) is 0 Å². The molecule has 2 nitrogen and oxygen atoms in total. The molecule has 0 spiro atoms. The molecule has 1 aliphatic rings. The van der Waals surface area contributed by atoms with E-state index < -0.39 is 0 Å². The first-order chi connectivity index (χ1) is 5.86. The van der Waals surface area contributed by atoms with Crippen LogP contribution in [0.25, 0.3) is 0 Å². The van der Waals surface area contributed by atoms with E-state index in [1.54, 1.807) is 0 Å². The van der Waals surface area contributed by atoms with E-state index in [0.29, 0.717) is 0 Å². The van der Waals surface area contributed by atoms with E-state index in [0.717, 1.165) is 31.3 Å². The summed E-state index contributed by atoms with van der Waals surface area (Å²) in [7, 11) is 0. The minimum atomic E-state index is -0.114. The van der Waals surface area contributed by atoms with E-state index >= 15 is 0 Å². The zero-order valence-corrected chi connectivity index (χ0v) is 7.44. The molecule has 1 aromatic heterocycles. The molecule has 0 saturated carbocycles. The van der Waals surface area contributed by atoms with Gasteiger partial charge in [-0.25, -0.2) is 0 Å². The van der Waals surface area contributed by atoms with Crippen molar-refractivity contribution in [2.45, 2.75) is 0 Å². The van der Waals surface area contributed by atoms with Crippen molar-refractivity contribution < 1.29 is 9.13 Å². The number of anilines is 1. The smallest absolute Gasteiger partial charge is 0.178 e. The summed E-state index contributed by atoms with van der Waals surface area (Å²) >= 11 is 1.20. The number of hydrogen-bond donors (Lipinski definition) is 0. The zero-order chi connectivity index (χ0) is 8.39. The molecule has 0 unspecified atom stereocenters. The maximum atomic E-state index is 12.6. The van der Waals surface area contributed by atoms with Gasteiger partial charge < -0.3 is 9.64 Å². The Labute approximate surface area is 74.6 Å². The average molecular weight is 187 g/mol. The van der Waals surface area contributed by atoms with Crippen LogP contribution in [0.3, 0.4) is 0 Å². The van der Waals surface area contributed by atoms with E-state index in [9.17, 15) is 4.39 Å². The Balaban J connectivity index is 2.08. The highest BCUT2D eigenvalue weighted by molar-refractivity contribution is 7.14. The molecule has 0 aromatic carbocycles. The third-order valence-electron chi connectivity index (χ3n) is 1.88. The van der Waals surface area contributed by atoms with Gasteiger partial charge in [-0.05, 0) is 12.1 Å². The number of thiophene rings is 1. The predicted molar refractivity (Wildman–Crippen MR) is 47.3 cm³/mol. The predicted octanol–water partition coefficient (Wildman–Crippen LogP) is 1.72. The number of ether oxygens (including phenoxy) is 1. The van der Waals surface area contributed by atoms with Gasteiger partial charge in [-0.3, -0.25) is 0 Å². The van der Waals surface area contributed by atoms with Crippen LogP contribution in [0.15, 0.2) is 12.1 Å². The highest BCUT2D eigenvalue weighted by atomic mass is 32.1. The topological polar surface area (TPSA) is 12.5 Å². The summed E-state index contributed by atoms with van der Waals surface area (Å²) in [5.74, 6) is 0. The Morgan fingerprint density at radius 2 is 2.08 bits per heavy atom. The van der Waals surface area contributed by atoms with Gasteiger partial charge in [0.1, 0.15) is 0 Å². The molecule has 12 heavy (non-hydrogen) atoms. The molecule has 1 aromatic rings. The SMILES string of the molecule is Fc1ccc(N2CCOCC2)s1. The molecule has 1 fully saturated rings. The lowest BCUT2D eigenvalue weighted by atomic mass is 10.4. The van der Waals surface area contributed by atoms with Crippen molar-refractivity contribution in [3.63, 3.8) is 0 Å². The van der Waals surface area contributed by atoms with Crippen LogP contribution >= 0.6 is 11.3 Å². The van der Waals surface area contributed by atoms with Gasteiger partial charge in [0, 0.05) is 13.1 Å². The molecular weight excluding hydrogens is 177 g/mol. The molecule has 0 radical (unpaired) electrons. The van der Waals surface area contributed by atoms with E-state index in [-0.39, 0.29) is 5.13 Å². The highest BCUT2D eigenvalue weighted by Crippen LogP contribution is 2.24. The fourth-order valence-electron chi connectivity index (χ4n) is 1.26. The van der Waals surface area contributed by atoms with Crippen molar-refractivity contribution in [2.75, 3.05) is 31.2 Å². The number of rotatable bonds is 1. The standard InChI is InChI=1S/C8H10FNOS/c9-7-1-2-8(12-7)10-3-5-11-6-4-10/h1-2H,3-6H2. The van der Waals surface area contributed by atoms with E-state index in [1.807, 2.05) is 6.07 Å². The Morgan fingerprint density at radius 1 is 1.33 bits per heavy atom. The number of halogens is 1. The first-order valence-electron chi connectivity index (χ1n) is 3.94. The highest BCUT2D eigenvalue weighted by Gasteiger charge is 2.12. The third-order valence-corrected chi connectivity index (χ3v) is 2.82. The van der Waals surface area contributed by atoms with Gasteiger partial charge in [0.25, 0.3) is 0 Å².